The van der Waals surface area contributed by atoms with Crippen LogP contribution in [0.15, 0.2) is 30.3 Å². The summed E-state index contributed by atoms with van der Waals surface area (Å²) in [4.78, 5) is 16.0. The van der Waals surface area contributed by atoms with Gasteiger partial charge in [-0.25, -0.2) is 19.5 Å². The van der Waals surface area contributed by atoms with Gasteiger partial charge in [0.1, 0.15) is 12.4 Å². The van der Waals surface area contributed by atoms with Crippen LogP contribution >= 0.6 is 0 Å². The first-order valence-corrected chi connectivity index (χ1v) is 7.62. The minimum Gasteiger partial charge on any atom is -0.487 e. The van der Waals surface area contributed by atoms with Gasteiger partial charge >= 0.3 is 0 Å². The number of carbonyl (C=O) groups excluding carboxylic acids is 1. The van der Waals surface area contributed by atoms with E-state index >= 15 is 0 Å². The third-order valence-corrected chi connectivity index (χ3v) is 3.60. The normalized spacial score (nSPS) is 13.0. The molecule has 2 aromatic carbocycles. The number of benzene rings is 2. The number of hydrogen-bond acceptors (Lipinski definition) is 6. The summed E-state index contributed by atoms with van der Waals surface area (Å²) in [5.41, 5.74) is 1.44. The van der Waals surface area contributed by atoms with Crippen molar-refractivity contribution in [1.82, 2.24) is 0 Å². The quantitative estimate of drug-likeness (QED) is 0.332. The van der Waals surface area contributed by atoms with Crippen LogP contribution in [0.25, 0.3) is 0 Å². The average Bonchev–Trinajstić information content (AvgIpc) is 2.59. The van der Waals surface area contributed by atoms with Crippen molar-refractivity contribution >= 4 is 17.3 Å². The molecule has 0 heterocycles. The molecule has 1 atom stereocenters. The lowest BCUT2D eigenvalue weighted by Gasteiger charge is -2.23. The smallest absolute Gasteiger partial charge is 0.259 e. The van der Waals surface area contributed by atoms with E-state index in [0.717, 1.165) is 6.92 Å². The Labute approximate surface area is 152 Å². The fourth-order valence-electron chi connectivity index (χ4n) is 2.09. The van der Waals surface area contributed by atoms with Crippen molar-refractivity contribution in [2.75, 3.05) is 17.4 Å². The van der Waals surface area contributed by atoms with Gasteiger partial charge in [-0.15, -0.1) is 4.99 Å². The lowest BCUT2D eigenvalue weighted by atomic mass is 10.1. The lowest BCUT2D eigenvalue weighted by Crippen LogP contribution is -2.45. The number of aliphatic hydroxyl groups is 1. The first-order valence-electron chi connectivity index (χ1n) is 7.62. The highest BCUT2D eigenvalue weighted by atomic mass is 19.2. The standard InChI is InChI=1S/C17H17F3N2O5/c1-9-5-11(3-4-13(9)22-27-25)21-16(23)17(2,24)8-26-14-7-10(18)6-12(19)15(14)20/h3-7,22,24-25H,8H2,1-2H3,(H,21,23)/t17-/m1/s1. The number of ether oxygens (including phenoxy) is 1. The minimum atomic E-state index is -2.13. The highest BCUT2D eigenvalue weighted by molar-refractivity contribution is 5.97. The van der Waals surface area contributed by atoms with Crippen LogP contribution in [-0.4, -0.2) is 28.5 Å². The average molecular weight is 386 g/mol. The predicted octanol–water partition coefficient (Wildman–Crippen LogP) is 3.00. The molecule has 27 heavy (non-hydrogen) atoms. The molecule has 0 saturated carbocycles. The van der Waals surface area contributed by atoms with Crippen molar-refractivity contribution in [2.24, 2.45) is 0 Å². The van der Waals surface area contributed by atoms with Crippen molar-refractivity contribution in [3.8, 4) is 5.75 Å². The lowest BCUT2D eigenvalue weighted by molar-refractivity contribution is -0.215. The summed E-state index contributed by atoms with van der Waals surface area (Å²) in [7, 11) is 0. The van der Waals surface area contributed by atoms with E-state index in [9.17, 15) is 23.1 Å². The van der Waals surface area contributed by atoms with Crippen LogP contribution in [0.4, 0.5) is 24.5 Å². The monoisotopic (exact) mass is 386 g/mol. The van der Waals surface area contributed by atoms with Crippen LogP contribution in [0.5, 0.6) is 5.75 Å². The first kappa shape index (κ1) is 20.5. The summed E-state index contributed by atoms with van der Waals surface area (Å²) in [6, 6.07) is 5.43. The number of rotatable bonds is 7. The maximum absolute atomic E-state index is 13.6. The van der Waals surface area contributed by atoms with Crippen LogP contribution in [0.2, 0.25) is 0 Å². The number of carbonyl (C=O) groups is 1. The minimum absolute atomic E-state index is 0.309. The Balaban J connectivity index is 2.06. The third-order valence-electron chi connectivity index (χ3n) is 3.60. The Hall–Kier alpha value is -2.82. The molecule has 2 rings (SSSR count). The van der Waals surface area contributed by atoms with Crippen LogP contribution < -0.4 is 15.5 Å². The highest BCUT2D eigenvalue weighted by Gasteiger charge is 2.32. The molecule has 0 bridgehead atoms. The zero-order valence-corrected chi connectivity index (χ0v) is 14.3. The SMILES string of the molecule is Cc1cc(NC(=O)[C@](C)(O)COc2cc(F)cc(F)c2F)ccc1NOO. The molecule has 7 nitrogen and oxygen atoms in total. The van der Waals surface area contributed by atoms with Crippen LogP contribution in [0, 0.1) is 24.4 Å². The number of amides is 1. The molecular weight excluding hydrogens is 369 g/mol. The molecule has 0 aliphatic carbocycles. The summed E-state index contributed by atoms with van der Waals surface area (Å²) < 4.78 is 44.7. The third kappa shape index (κ3) is 5.09. The highest BCUT2D eigenvalue weighted by Crippen LogP contribution is 2.24. The maximum atomic E-state index is 13.6. The molecule has 0 aliphatic heterocycles. The van der Waals surface area contributed by atoms with Crippen molar-refractivity contribution in [1.29, 1.82) is 0 Å². The second-order valence-corrected chi connectivity index (χ2v) is 5.94. The van der Waals surface area contributed by atoms with E-state index < -0.39 is 41.3 Å². The summed E-state index contributed by atoms with van der Waals surface area (Å²) >= 11 is 0. The van der Waals surface area contributed by atoms with Crippen molar-refractivity contribution in [2.45, 2.75) is 19.4 Å². The summed E-state index contributed by atoms with van der Waals surface area (Å²) in [6.45, 7) is 2.01. The summed E-state index contributed by atoms with van der Waals surface area (Å²) in [5, 5.41) is 21.0. The van der Waals surface area contributed by atoms with Crippen molar-refractivity contribution in [3.63, 3.8) is 0 Å². The van der Waals surface area contributed by atoms with Gasteiger partial charge in [0.15, 0.2) is 17.2 Å². The van der Waals surface area contributed by atoms with Gasteiger partial charge in [-0.1, -0.05) is 0 Å². The molecule has 0 aromatic heterocycles. The molecule has 10 heteroatoms. The topological polar surface area (TPSA) is 100 Å². The zero-order chi connectivity index (χ0) is 20.2. The van der Waals surface area contributed by atoms with Crippen molar-refractivity contribution < 1.29 is 38.1 Å². The molecule has 146 valence electrons. The molecule has 0 spiro atoms. The molecule has 0 radical (unpaired) electrons. The molecule has 0 aliphatic rings. The van der Waals surface area contributed by atoms with Crippen LogP contribution in [-0.2, 0) is 9.78 Å². The summed E-state index contributed by atoms with van der Waals surface area (Å²) in [6.07, 6.45) is 0. The van der Waals surface area contributed by atoms with Gasteiger partial charge in [0, 0.05) is 17.8 Å². The molecule has 1 amide bonds. The van der Waals surface area contributed by atoms with E-state index in [1.54, 1.807) is 6.92 Å². The molecule has 2 aromatic rings. The predicted molar refractivity (Wildman–Crippen MR) is 89.6 cm³/mol. The van der Waals surface area contributed by atoms with Gasteiger partial charge in [0.25, 0.3) is 5.91 Å². The fraction of sp³-hybridized carbons (Fsp3) is 0.235. The Morgan fingerprint density at radius 2 is 1.93 bits per heavy atom. The first-order chi connectivity index (χ1) is 12.6. The van der Waals surface area contributed by atoms with E-state index in [-0.39, 0.29) is 0 Å². The largest absolute Gasteiger partial charge is 0.487 e. The Morgan fingerprint density at radius 1 is 1.22 bits per heavy atom. The van der Waals surface area contributed by atoms with Gasteiger partial charge in [-0.3, -0.25) is 4.79 Å². The molecule has 4 N–H and O–H groups in total. The molecular formula is C17H17F3N2O5. The molecule has 0 saturated heterocycles. The Kier molecular flexibility index (Phi) is 6.26. The fourth-order valence-corrected chi connectivity index (χ4v) is 2.09. The van der Waals surface area contributed by atoms with Gasteiger partial charge < -0.3 is 15.2 Å². The zero-order valence-electron chi connectivity index (χ0n) is 14.3. The van der Waals surface area contributed by atoms with E-state index in [1.807, 2.05) is 0 Å². The second-order valence-electron chi connectivity index (χ2n) is 5.94. The van der Waals surface area contributed by atoms with Crippen molar-refractivity contribution in [3.05, 3.63) is 53.3 Å². The van der Waals surface area contributed by atoms with E-state index in [2.05, 4.69) is 15.8 Å². The maximum Gasteiger partial charge on any atom is 0.259 e. The number of nitrogens with one attached hydrogen (secondary N) is 2. The van der Waals surface area contributed by atoms with Crippen LogP contribution in [0.1, 0.15) is 12.5 Å². The number of aryl methyl sites for hydroxylation is 1. The van der Waals surface area contributed by atoms with E-state index in [0.29, 0.717) is 29.1 Å². The Bertz CT molecular complexity index is 846. The van der Waals surface area contributed by atoms with E-state index in [4.69, 9.17) is 9.99 Å². The molecule has 0 fully saturated rings. The number of hydrogen-bond donors (Lipinski definition) is 4. The second kappa shape index (κ2) is 8.25. The Morgan fingerprint density at radius 3 is 2.56 bits per heavy atom. The van der Waals surface area contributed by atoms with Crippen LogP contribution in [0.3, 0.4) is 0 Å². The van der Waals surface area contributed by atoms with Gasteiger partial charge in [0.05, 0.1) is 5.69 Å². The molecule has 0 unspecified atom stereocenters. The van der Waals surface area contributed by atoms with Gasteiger partial charge in [-0.05, 0) is 37.6 Å². The number of halogens is 3. The van der Waals surface area contributed by atoms with Gasteiger partial charge in [-0.2, -0.15) is 4.39 Å². The summed E-state index contributed by atoms with van der Waals surface area (Å²) in [5.74, 6) is -5.61. The number of anilines is 2. The van der Waals surface area contributed by atoms with Gasteiger partial charge in [0.2, 0.25) is 5.82 Å². The van der Waals surface area contributed by atoms with E-state index in [1.165, 1.54) is 18.2 Å².